The van der Waals surface area contributed by atoms with Crippen LogP contribution >= 0.6 is 12.6 Å². The lowest BCUT2D eigenvalue weighted by Crippen LogP contribution is -2.45. The monoisotopic (exact) mass is 265 g/mol. The molecule has 1 aromatic carbocycles. The van der Waals surface area contributed by atoms with Crippen molar-refractivity contribution < 1.29 is 14.6 Å². The van der Waals surface area contributed by atoms with Gasteiger partial charge >= 0.3 is 13.5 Å². The lowest BCUT2D eigenvalue weighted by atomic mass is 9.83. The van der Waals surface area contributed by atoms with Crippen molar-refractivity contribution >= 4 is 31.5 Å². The van der Waals surface area contributed by atoms with Crippen molar-refractivity contribution in [2.45, 2.75) is 38.0 Å². The highest BCUT2D eigenvalue weighted by molar-refractivity contribution is 7.81. The molecule has 0 spiro atoms. The molecule has 0 saturated heterocycles. The smallest absolute Gasteiger partial charge is 0.335 e. The van der Waals surface area contributed by atoms with Gasteiger partial charge in [0.05, 0.1) is 11.2 Å². The van der Waals surface area contributed by atoms with Crippen molar-refractivity contribution in [3.8, 4) is 0 Å². The van der Waals surface area contributed by atoms with Crippen LogP contribution in [-0.2, 0) is 4.65 Å². The van der Waals surface area contributed by atoms with Gasteiger partial charge in [0.1, 0.15) is 0 Å². The van der Waals surface area contributed by atoms with Crippen LogP contribution in [0.4, 0.5) is 0 Å². The molecule has 0 amide bonds. The van der Waals surface area contributed by atoms with Crippen molar-refractivity contribution in [3.63, 3.8) is 0 Å². The zero-order chi connectivity index (χ0) is 14.0. The number of aromatic carboxylic acids is 1. The van der Waals surface area contributed by atoms with Crippen molar-refractivity contribution in [1.82, 2.24) is 0 Å². The summed E-state index contributed by atoms with van der Waals surface area (Å²) in [6.45, 7) is 7.89. The van der Waals surface area contributed by atoms with Gasteiger partial charge in [0.25, 0.3) is 0 Å². The third kappa shape index (κ3) is 3.78. The first-order chi connectivity index (χ1) is 8.13. The van der Waals surface area contributed by atoms with Crippen LogP contribution in [-0.4, -0.2) is 28.9 Å². The Balaban J connectivity index is 2.67. The molecule has 0 aliphatic rings. The molecule has 0 bridgehead atoms. The maximum atomic E-state index is 10.7. The van der Waals surface area contributed by atoms with E-state index in [-0.39, 0.29) is 10.3 Å². The standard InChI is InChI=1S/C13H18BO3S/c1-12(2,13(3,4)18)17-14-10-7-5-9(6-8-10)11(15)16/h5-8,18H,1-4H3,(H,15,16). The van der Waals surface area contributed by atoms with Crippen LogP contribution in [0.1, 0.15) is 38.1 Å². The van der Waals surface area contributed by atoms with E-state index >= 15 is 0 Å². The molecule has 5 heteroatoms. The second kappa shape index (κ2) is 5.37. The van der Waals surface area contributed by atoms with Gasteiger partial charge in [-0.05, 0) is 39.8 Å². The van der Waals surface area contributed by atoms with Crippen LogP contribution < -0.4 is 5.46 Å². The average molecular weight is 265 g/mol. The van der Waals surface area contributed by atoms with Crippen molar-refractivity contribution in [1.29, 1.82) is 0 Å². The first kappa shape index (κ1) is 15.1. The maximum Gasteiger partial charge on any atom is 0.335 e. The van der Waals surface area contributed by atoms with Crippen molar-refractivity contribution in [2.75, 3.05) is 0 Å². The molecule has 97 valence electrons. The van der Waals surface area contributed by atoms with Crippen LogP contribution in [0.3, 0.4) is 0 Å². The van der Waals surface area contributed by atoms with E-state index in [9.17, 15) is 4.79 Å². The van der Waals surface area contributed by atoms with Crippen LogP contribution in [0.25, 0.3) is 0 Å². The van der Waals surface area contributed by atoms with Gasteiger partial charge in [0.15, 0.2) is 0 Å². The Labute approximate surface area is 114 Å². The van der Waals surface area contributed by atoms with Gasteiger partial charge in [-0.15, -0.1) is 0 Å². The molecule has 0 fully saturated rings. The normalized spacial score (nSPS) is 12.3. The Morgan fingerprint density at radius 1 is 1.22 bits per heavy atom. The molecule has 0 saturated carbocycles. The molecule has 1 rings (SSSR count). The second-order valence-electron chi connectivity index (χ2n) is 5.23. The molecule has 1 N–H and O–H groups in total. The van der Waals surface area contributed by atoms with Gasteiger partial charge in [0, 0.05) is 4.75 Å². The fourth-order valence-corrected chi connectivity index (χ4v) is 1.12. The number of thiol groups is 1. The summed E-state index contributed by atoms with van der Waals surface area (Å²) in [5.74, 6) is -0.931. The van der Waals surface area contributed by atoms with Crippen LogP contribution in [0.2, 0.25) is 0 Å². The van der Waals surface area contributed by atoms with E-state index in [1.54, 1.807) is 31.7 Å². The summed E-state index contributed by atoms with van der Waals surface area (Å²) in [6.07, 6.45) is 0. The molecule has 3 nitrogen and oxygen atoms in total. The van der Waals surface area contributed by atoms with E-state index in [2.05, 4.69) is 12.6 Å². The first-order valence-electron chi connectivity index (χ1n) is 5.70. The lowest BCUT2D eigenvalue weighted by molar-refractivity contribution is 0.0696. The van der Waals surface area contributed by atoms with E-state index in [4.69, 9.17) is 9.76 Å². The number of hydrogen-bond acceptors (Lipinski definition) is 3. The number of carbonyl (C=O) groups is 1. The maximum absolute atomic E-state index is 10.7. The van der Waals surface area contributed by atoms with E-state index in [1.807, 2.05) is 27.7 Å². The third-order valence-corrected chi connectivity index (χ3v) is 3.66. The highest BCUT2D eigenvalue weighted by Crippen LogP contribution is 2.30. The minimum Gasteiger partial charge on any atom is -0.478 e. The number of benzene rings is 1. The van der Waals surface area contributed by atoms with Gasteiger partial charge in [0.2, 0.25) is 0 Å². The zero-order valence-electron chi connectivity index (χ0n) is 11.1. The summed E-state index contributed by atoms with van der Waals surface area (Å²) >= 11 is 4.50. The molecule has 0 unspecified atom stereocenters. The van der Waals surface area contributed by atoms with Gasteiger partial charge < -0.3 is 9.76 Å². The molecule has 18 heavy (non-hydrogen) atoms. The minimum absolute atomic E-state index is 0.265. The molecular formula is C13H18BO3S. The highest BCUT2D eigenvalue weighted by Gasteiger charge is 2.34. The first-order valence-corrected chi connectivity index (χ1v) is 6.15. The molecule has 1 aromatic rings. The Hall–Kier alpha value is -0.935. The average Bonchev–Trinajstić information content (AvgIpc) is 2.25. The molecule has 0 aromatic heterocycles. The molecule has 0 aliphatic heterocycles. The number of carboxylic acids is 1. The van der Waals surface area contributed by atoms with Gasteiger partial charge in [-0.2, -0.15) is 12.6 Å². The van der Waals surface area contributed by atoms with Crippen molar-refractivity contribution in [3.05, 3.63) is 29.8 Å². The Morgan fingerprint density at radius 2 is 1.72 bits per heavy atom. The topological polar surface area (TPSA) is 46.5 Å². The molecule has 1 radical (unpaired) electrons. The van der Waals surface area contributed by atoms with Crippen molar-refractivity contribution in [2.24, 2.45) is 0 Å². The van der Waals surface area contributed by atoms with Gasteiger partial charge in [-0.1, -0.05) is 17.6 Å². The summed E-state index contributed by atoms with van der Waals surface area (Å²) in [4.78, 5) is 10.7. The lowest BCUT2D eigenvalue weighted by Gasteiger charge is -2.38. The SMILES string of the molecule is CC(C)(S)C(C)(C)O[B]c1ccc(C(=O)O)cc1. The third-order valence-electron chi connectivity index (χ3n) is 3.12. The number of carboxylic acid groups (broad SMARTS) is 1. The summed E-state index contributed by atoms with van der Waals surface area (Å²) in [7, 11) is 1.63. The number of rotatable bonds is 5. The van der Waals surface area contributed by atoms with Gasteiger partial charge in [-0.3, -0.25) is 0 Å². The van der Waals surface area contributed by atoms with Gasteiger partial charge in [-0.25, -0.2) is 4.79 Å². The minimum atomic E-state index is -0.931. The van der Waals surface area contributed by atoms with Crippen LogP contribution in [0.5, 0.6) is 0 Å². The molecule has 0 aliphatic carbocycles. The number of hydrogen-bond donors (Lipinski definition) is 2. The van der Waals surface area contributed by atoms with E-state index < -0.39 is 11.6 Å². The predicted molar refractivity (Wildman–Crippen MR) is 77.0 cm³/mol. The molecule has 0 heterocycles. The Morgan fingerprint density at radius 3 is 2.11 bits per heavy atom. The van der Waals surface area contributed by atoms with E-state index in [1.165, 1.54) is 0 Å². The van der Waals surface area contributed by atoms with E-state index in [0.717, 1.165) is 5.46 Å². The summed E-state index contributed by atoms with van der Waals surface area (Å²) < 4.78 is 5.44. The molecule has 0 atom stereocenters. The van der Waals surface area contributed by atoms with Crippen LogP contribution in [0, 0.1) is 0 Å². The largest absolute Gasteiger partial charge is 0.478 e. The predicted octanol–water partition coefficient (Wildman–Crippen LogP) is 2.13. The fraction of sp³-hybridized carbons (Fsp3) is 0.462. The Bertz CT molecular complexity index is 421. The Kier molecular flexibility index (Phi) is 4.51. The zero-order valence-corrected chi connectivity index (χ0v) is 12.0. The fourth-order valence-electron chi connectivity index (χ4n) is 1.06. The summed E-state index contributed by atoms with van der Waals surface area (Å²) in [6, 6.07) is 6.53. The summed E-state index contributed by atoms with van der Waals surface area (Å²) in [5.41, 5.74) is 0.660. The summed E-state index contributed by atoms with van der Waals surface area (Å²) in [5, 5.41) is 8.79. The molecular weight excluding hydrogens is 247 g/mol. The highest BCUT2D eigenvalue weighted by atomic mass is 32.1. The quantitative estimate of drug-likeness (QED) is 0.633. The van der Waals surface area contributed by atoms with E-state index in [0.29, 0.717) is 0 Å². The van der Waals surface area contributed by atoms with Crippen LogP contribution in [0.15, 0.2) is 24.3 Å². The second-order valence-corrected chi connectivity index (χ2v) is 6.35.